The highest BCUT2D eigenvalue weighted by atomic mass is 16.7. The van der Waals surface area contributed by atoms with Gasteiger partial charge in [-0.25, -0.2) is 0 Å². The predicted molar refractivity (Wildman–Crippen MR) is 60.6 cm³/mol. The molecule has 1 aliphatic rings. The van der Waals surface area contributed by atoms with E-state index in [-0.39, 0.29) is 11.7 Å². The molecule has 0 radical (unpaired) electrons. The van der Waals surface area contributed by atoms with Crippen LogP contribution in [0.15, 0.2) is 0 Å². The first-order valence-corrected chi connectivity index (χ1v) is 5.75. The van der Waals surface area contributed by atoms with E-state index in [0.717, 1.165) is 0 Å². The summed E-state index contributed by atoms with van der Waals surface area (Å²) >= 11 is 0. The quantitative estimate of drug-likeness (QED) is 0.603. The average molecular weight is 247 g/mol. The molecule has 0 aromatic heterocycles. The summed E-state index contributed by atoms with van der Waals surface area (Å²) in [4.78, 5) is 10.6. The summed E-state index contributed by atoms with van der Waals surface area (Å²) in [6.45, 7) is 5.42. The number of nitrogens with one attached hydrogen (secondary N) is 1. The van der Waals surface area contributed by atoms with E-state index in [1.54, 1.807) is 0 Å². The third-order valence-electron chi connectivity index (χ3n) is 2.57. The molecule has 1 heterocycles. The normalized spacial score (nSPS) is 22.3. The Morgan fingerprint density at radius 2 is 2.06 bits per heavy atom. The molecule has 1 unspecified atom stereocenters. The highest BCUT2D eigenvalue weighted by Gasteiger charge is 2.28. The van der Waals surface area contributed by atoms with Crippen molar-refractivity contribution in [1.29, 1.82) is 0 Å². The summed E-state index contributed by atoms with van der Waals surface area (Å²) in [6, 6.07) is -0.921. The molecular weight excluding hydrogens is 226 g/mol. The maximum absolute atomic E-state index is 10.6. The number of carbonyl (C=O) groups is 1. The van der Waals surface area contributed by atoms with Crippen LogP contribution in [0, 0.1) is 5.41 Å². The van der Waals surface area contributed by atoms with Crippen molar-refractivity contribution in [3.63, 3.8) is 0 Å². The molecule has 0 bridgehead atoms. The molecule has 6 nitrogen and oxygen atoms in total. The van der Waals surface area contributed by atoms with E-state index < -0.39 is 18.6 Å². The number of aliphatic carboxylic acids is 1. The highest BCUT2D eigenvalue weighted by molar-refractivity contribution is 5.73. The van der Waals surface area contributed by atoms with E-state index in [1.807, 2.05) is 0 Å². The third-order valence-corrected chi connectivity index (χ3v) is 2.57. The minimum atomic E-state index is -1.06. The van der Waals surface area contributed by atoms with Gasteiger partial charge < -0.3 is 25.0 Å². The van der Waals surface area contributed by atoms with Crippen molar-refractivity contribution in [2.75, 3.05) is 26.4 Å². The Kier molecular flexibility index (Phi) is 5.32. The maximum Gasteiger partial charge on any atom is 0.323 e. The van der Waals surface area contributed by atoms with Gasteiger partial charge in [0.2, 0.25) is 0 Å². The van der Waals surface area contributed by atoms with Gasteiger partial charge >= 0.3 is 5.97 Å². The van der Waals surface area contributed by atoms with Crippen LogP contribution in [0.1, 0.15) is 20.3 Å². The minimum Gasteiger partial charge on any atom is -0.480 e. The first kappa shape index (κ1) is 14.4. The standard InChI is InChI=1S/C11H21NO5/c1-11(2)6-16-9(17-7-11)3-4-12-8(5-13)10(14)15/h8-9,12-13H,3-7H2,1-2H3,(H,14,15). The molecule has 1 saturated heterocycles. The Bertz CT molecular complexity index is 246. The number of hydrogen-bond donors (Lipinski definition) is 3. The van der Waals surface area contributed by atoms with Gasteiger partial charge in [-0.2, -0.15) is 0 Å². The van der Waals surface area contributed by atoms with Crippen LogP contribution in [0.3, 0.4) is 0 Å². The lowest BCUT2D eigenvalue weighted by atomic mass is 9.95. The molecule has 6 heteroatoms. The molecule has 3 N–H and O–H groups in total. The van der Waals surface area contributed by atoms with Crippen LogP contribution >= 0.6 is 0 Å². The van der Waals surface area contributed by atoms with Gasteiger partial charge in [0, 0.05) is 18.4 Å². The smallest absolute Gasteiger partial charge is 0.323 e. The predicted octanol–water partition coefficient (Wildman–Crippen LogP) is -0.189. The van der Waals surface area contributed by atoms with Crippen molar-refractivity contribution in [2.45, 2.75) is 32.6 Å². The van der Waals surface area contributed by atoms with Crippen LogP contribution in [-0.4, -0.2) is 54.9 Å². The zero-order valence-electron chi connectivity index (χ0n) is 10.3. The summed E-state index contributed by atoms with van der Waals surface area (Å²) in [7, 11) is 0. The monoisotopic (exact) mass is 247 g/mol. The van der Waals surface area contributed by atoms with Crippen molar-refractivity contribution >= 4 is 5.97 Å². The maximum atomic E-state index is 10.6. The number of hydrogen-bond acceptors (Lipinski definition) is 5. The van der Waals surface area contributed by atoms with Crippen molar-refractivity contribution in [2.24, 2.45) is 5.41 Å². The third kappa shape index (κ3) is 4.99. The molecule has 0 amide bonds. The fraction of sp³-hybridized carbons (Fsp3) is 0.909. The van der Waals surface area contributed by atoms with Gasteiger partial charge in [-0.05, 0) is 0 Å². The van der Waals surface area contributed by atoms with E-state index in [2.05, 4.69) is 19.2 Å². The van der Waals surface area contributed by atoms with Gasteiger partial charge in [-0.3, -0.25) is 4.79 Å². The molecule has 1 fully saturated rings. The average Bonchev–Trinajstić information content (AvgIpc) is 2.26. The fourth-order valence-corrected chi connectivity index (χ4v) is 1.50. The van der Waals surface area contributed by atoms with Crippen molar-refractivity contribution < 1.29 is 24.5 Å². The second-order valence-electron chi connectivity index (χ2n) is 5.03. The van der Waals surface area contributed by atoms with E-state index in [4.69, 9.17) is 19.7 Å². The van der Waals surface area contributed by atoms with Crippen molar-refractivity contribution in [3.8, 4) is 0 Å². The van der Waals surface area contributed by atoms with E-state index >= 15 is 0 Å². The number of aliphatic hydroxyl groups is 1. The first-order chi connectivity index (χ1) is 7.94. The topological polar surface area (TPSA) is 88.0 Å². The Labute approximate surface area is 101 Å². The molecule has 1 atom stereocenters. The SMILES string of the molecule is CC1(C)COC(CCNC(CO)C(=O)O)OC1. The van der Waals surface area contributed by atoms with Crippen molar-refractivity contribution in [3.05, 3.63) is 0 Å². The van der Waals surface area contributed by atoms with Gasteiger partial charge in [0.1, 0.15) is 6.04 Å². The number of ether oxygens (including phenoxy) is 2. The Morgan fingerprint density at radius 1 is 1.47 bits per heavy atom. The number of carboxylic acids is 1. The molecule has 0 aromatic rings. The summed E-state index contributed by atoms with van der Waals surface area (Å²) in [5.41, 5.74) is 0.0403. The van der Waals surface area contributed by atoms with Gasteiger partial charge in [0.25, 0.3) is 0 Å². The summed E-state index contributed by atoms with van der Waals surface area (Å²) < 4.78 is 11.0. The number of carboxylic acid groups (broad SMARTS) is 1. The largest absolute Gasteiger partial charge is 0.480 e. The summed E-state index contributed by atoms with van der Waals surface area (Å²) in [6.07, 6.45) is 0.281. The van der Waals surface area contributed by atoms with Gasteiger partial charge in [0.05, 0.1) is 19.8 Å². The molecular formula is C11H21NO5. The summed E-state index contributed by atoms with van der Waals surface area (Å²) in [5.74, 6) is -1.06. The second-order valence-corrected chi connectivity index (χ2v) is 5.03. The molecule has 0 aliphatic carbocycles. The van der Waals surface area contributed by atoms with E-state index in [1.165, 1.54) is 0 Å². The minimum absolute atomic E-state index is 0.0403. The lowest BCUT2D eigenvalue weighted by Crippen LogP contribution is -2.43. The van der Waals surface area contributed by atoms with E-state index in [0.29, 0.717) is 26.2 Å². The fourth-order valence-electron chi connectivity index (χ4n) is 1.50. The van der Waals surface area contributed by atoms with Crippen LogP contribution in [0.5, 0.6) is 0 Å². The molecule has 0 aromatic carbocycles. The van der Waals surface area contributed by atoms with Crippen LogP contribution in [0.25, 0.3) is 0 Å². The van der Waals surface area contributed by atoms with E-state index in [9.17, 15) is 4.79 Å². The molecule has 0 saturated carbocycles. The second kappa shape index (κ2) is 6.30. The van der Waals surface area contributed by atoms with Gasteiger partial charge in [-0.1, -0.05) is 13.8 Å². The Hall–Kier alpha value is -0.690. The summed E-state index contributed by atoms with van der Waals surface area (Å²) in [5, 5.41) is 20.2. The first-order valence-electron chi connectivity index (χ1n) is 5.75. The lowest BCUT2D eigenvalue weighted by Gasteiger charge is -2.34. The number of rotatable bonds is 6. The van der Waals surface area contributed by atoms with Crippen LogP contribution in [0.2, 0.25) is 0 Å². The molecule has 100 valence electrons. The Morgan fingerprint density at radius 3 is 2.53 bits per heavy atom. The van der Waals surface area contributed by atoms with Crippen LogP contribution < -0.4 is 5.32 Å². The lowest BCUT2D eigenvalue weighted by molar-refractivity contribution is -0.223. The Balaban J connectivity index is 2.17. The highest BCUT2D eigenvalue weighted by Crippen LogP contribution is 2.23. The van der Waals surface area contributed by atoms with Crippen molar-refractivity contribution in [1.82, 2.24) is 5.32 Å². The van der Waals surface area contributed by atoms with Gasteiger partial charge in [-0.15, -0.1) is 0 Å². The van der Waals surface area contributed by atoms with Gasteiger partial charge in [0.15, 0.2) is 6.29 Å². The van der Waals surface area contributed by atoms with Crippen LogP contribution in [-0.2, 0) is 14.3 Å². The molecule has 0 spiro atoms. The zero-order chi connectivity index (χ0) is 12.9. The van der Waals surface area contributed by atoms with Crippen LogP contribution in [0.4, 0.5) is 0 Å². The number of aliphatic hydroxyl groups excluding tert-OH is 1. The zero-order valence-corrected chi connectivity index (χ0v) is 10.3. The molecule has 1 aliphatic heterocycles. The molecule has 17 heavy (non-hydrogen) atoms. The molecule has 1 rings (SSSR count).